The van der Waals surface area contributed by atoms with Gasteiger partial charge in [0, 0.05) is 21.3 Å². The van der Waals surface area contributed by atoms with E-state index in [1.54, 1.807) is 32.4 Å². The molecule has 0 saturated carbocycles. The molecule has 36 heavy (non-hydrogen) atoms. The van der Waals surface area contributed by atoms with Crippen LogP contribution in [-0.4, -0.2) is 52.0 Å². The van der Waals surface area contributed by atoms with Gasteiger partial charge in [0.1, 0.15) is 5.75 Å². The molecule has 0 aliphatic rings. The zero-order valence-corrected chi connectivity index (χ0v) is 21.8. The van der Waals surface area contributed by atoms with E-state index < -0.39 is 0 Å². The number of aromatic nitrogens is 3. The predicted molar refractivity (Wildman–Crippen MR) is 142 cm³/mol. The molecule has 3 aromatic carbocycles. The smallest absolute Gasteiger partial charge is 0.250 e. The number of nitrogens with zero attached hydrogens (tertiary/aromatic N) is 4. The first kappa shape index (κ1) is 25.3. The van der Waals surface area contributed by atoms with Crippen LogP contribution in [0.1, 0.15) is 5.56 Å². The SMILES string of the molecule is COc1ccc(-c2nnc(SCC(=O)NN=Cc3cc(Br)ccc3O)n2-c2ccccc2)cc1OC. The number of ether oxygens (including phenoxy) is 2. The Bertz CT molecular complexity index is 1390. The molecule has 1 amide bonds. The normalized spacial score (nSPS) is 11.0. The molecule has 0 radical (unpaired) electrons. The second-order valence-corrected chi connectivity index (χ2v) is 9.19. The summed E-state index contributed by atoms with van der Waals surface area (Å²) >= 11 is 4.56. The summed E-state index contributed by atoms with van der Waals surface area (Å²) < 4.78 is 13.4. The van der Waals surface area contributed by atoms with Crippen LogP contribution in [0.2, 0.25) is 0 Å². The van der Waals surface area contributed by atoms with Gasteiger partial charge >= 0.3 is 0 Å². The first-order valence-electron chi connectivity index (χ1n) is 10.7. The van der Waals surface area contributed by atoms with Gasteiger partial charge in [0.25, 0.3) is 5.91 Å². The third-order valence-electron chi connectivity index (χ3n) is 5.00. The molecule has 0 unspecified atom stereocenters. The second kappa shape index (κ2) is 11.7. The van der Waals surface area contributed by atoms with Crippen molar-refractivity contribution >= 4 is 39.8 Å². The van der Waals surface area contributed by atoms with E-state index in [0.29, 0.717) is 28.0 Å². The van der Waals surface area contributed by atoms with Crippen LogP contribution >= 0.6 is 27.7 Å². The van der Waals surface area contributed by atoms with Crippen LogP contribution in [0.3, 0.4) is 0 Å². The van der Waals surface area contributed by atoms with Crippen molar-refractivity contribution < 1.29 is 19.4 Å². The molecule has 1 heterocycles. The Morgan fingerprint density at radius 1 is 1.08 bits per heavy atom. The average Bonchev–Trinajstić information content (AvgIpc) is 3.33. The van der Waals surface area contributed by atoms with E-state index in [1.165, 1.54) is 24.0 Å². The average molecular weight is 568 g/mol. The molecular formula is C25H22BrN5O4S. The number of hydrogen-bond donors (Lipinski definition) is 2. The molecule has 2 N–H and O–H groups in total. The third-order valence-corrected chi connectivity index (χ3v) is 6.43. The molecule has 9 nitrogen and oxygen atoms in total. The van der Waals surface area contributed by atoms with Crippen LogP contribution in [0, 0.1) is 0 Å². The molecular weight excluding hydrogens is 546 g/mol. The number of amides is 1. The van der Waals surface area contributed by atoms with Crippen molar-refractivity contribution in [2.24, 2.45) is 5.10 Å². The summed E-state index contributed by atoms with van der Waals surface area (Å²) in [6.07, 6.45) is 1.38. The van der Waals surface area contributed by atoms with E-state index in [-0.39, 0.29) is 17.4 Å². The number of halogens is 1. The second-order valence-electron chi connectivity index (χ2n) is 7.33. The number of hydrogen-bond acceptors (Lipinski definition) is 8. The van der Waals surface area contributed by atoms with Gasteiger partial charge in [-0.15, -0.1) is 10.2 Å². The molecule has 184 valence electrons. The summed E-state index contributed by atoms with van der Waals surface area (Å²) in [5.41, 5.74) is 4.56. The predicted octanol–water partition coefficient (Wildman–Crippen LogP) is 4.66. The lowest BCUT2D eigenvalue weighted by atomic mass is 10.2. The van der Waals surface area contributed by atoms with Gasteiger partial charge in [-0.1, -0.05) is 45.9 Å². The highest BCUT2D eigenvalue weighted by Crippen LogP contribution is 2.34. The maximum absolute atomic E-state index is 12.4. The van der Waals surface area contributed by atoms with Gasteiger partial charge in [-0.3, -0.25) is 9.36 Å². The Balaban J connectivity index is 1.54. The number of phenols is 1. The number of hydrazone groups is 1. The summed E-state index contributed by atoms with van der Waals surface area (Å²) in [7, 11) is 3.15. The number of para-hydroxylation sites is 1. The van der Waals surface area contributed by atoms with Crippen LogP contribution in [0.5, 0.6) is 17.2 Å². The van der Waals surface area contributed by atoms with Gasteiger partial charge in [-0.25, -0.2) is 5.43 Å². The van der Waals surface area contributed by atoms with Crippen molar-refractivity contribution in [2.75, 3.05) is 20.0 Å². The van der Waals surface area contributed by atoms with Gasteiger partial charge in [-0.2, -0.15) is 5.10 Å². The molecule has 0 spiro atoms. The quantitative estimate of drug-likeness (QED) is 0.172. The fraction of sp³-hybridized carbons (Fsp3) is 0.120. The maximum Gasteiger partial charge on any atom is 0.250 e. The highest BCUT2D eigenvalue weighted by atomic mass is 79.9. The minimum atomic E-state index is -0.332. The van der Waals surface area contributed by atoms with Gasteiger partial charge in [0.15, 0.2) is 22.5 Å². The Morgan fingerprint density at radius 3 is 2.61 bits per heavy atom. The number of benzene rings is 3. The third kappa shape index (κ3) is 5.86. The van der Waals surface area contributed by atoms with Crippen molar-refractivity contribution in [1.29, 1.82) is 0 Å². The molecule has 4 aromatic rings. The fourth-order valence-corrected chi connectivity index (χ4v) is 4.42. The monoisotopic (exact) mass is 567 g/mol. The molecule has 11 heteroatoms. The highest BCUT2D eigenvalue weighted by molar-refractivity contribution is 9.10. The molecule has 0 aliphatic carbocycles. The van der Waals surface area contributed by atoms with E-state index >= 15 is 0 Å². The fourth-order valence-electron chi connectivity index (χ4n) is 3.30. The maximum atomic E-state index is 12.4. The summed E-state index contributed by atoms with van der Waals surface area (Å²) in [4.78, 5) is 12.4. The number of rotatable bonds is 9. The zero-order chi connectivity index (χ0) is 25.5. The minimum absolute atomic E-state index is 0.0543. The van der Waals surface area contributed by atoms with Gasteiger partial charge < -0.3 is 14.6 Å². The Hall–Kier alpha value is -3.83. The summed E-state index contributed by atoms with van der Waals surface area (Å²) in [6.45, 7) is 0. The summed E-state index contributed by atoms with van der Waals surface area (Å²) in [6, 6.07) is 20.1. The van der Waals surface area contributed by atoms with Crippen molar-refractivity contribution in [3.05, 3.63) is 76.8 Å². The van der Waals surface area contributed by atoms with Crippen LogP contribution in [0.15, 0.2) is 81.5 Å². The number of carbonyl (C=O) groups excluding carboxylic acids is 1. The Kier molecular flexibility index (Phi) is 8.24. The van der Waals surface area contributed by atoms with Gasteiger partial charge in [0.05, 0.1) is 26.2 Å². The van der Waals surface area contributed by atoms with Gasteiger partial charge in [-0.05, 0) is 48.5 Å². The first-order valence-corrected chi connectivity index (χ1v) is 12.4. The number of nitrogens with one attached hydrogen (secondary N) is 1. The number of carbonyl (C=O) groups is 1. The van der Waals surface area contributed by atoms with Crippen LogP contribution < -0.4 is 14.9 Å². The van der Waals surface area contributed by atoms with Gasteiger partial charge in [0.2, 0.25) is 0 Å². The van der Waals surface area contributed by atoms with E-state index in [4.69, 9.17) is 9.47 Å². The van der Waals surface area contributed by atoms with E-state index in [1.807, 2.05) is 47.0 Å². The van der Waals surface area contributed by atoms with Crippen molar-refractivity contribution in [2.45, 2.75) is 5.16 Å². The standard InChI is InChI=1S/C25H22BrN5O4S/c1-34-21-11-8-16(13-22(21)35-2)24-29-30-25(31(24)19-6-4-3-5-7-19)36-15-23(33)28-27-14-17-12-18(26)9-10-20(17)32/h3-14,32H,15H2,1-2H3,(H,28,33). The van der Waals surface area contributed by atoms with Crippen molar-refractivity contribution in [3.63, 3.8) is 0 Å². The Morgan fingerprint density at radius 2 is 1.86 bits per heavy atom. The molecule has 0 bridgehead atoms. The molecule has 1 aromatic heterocycles. The minimum Gasteiger partial charge on any atom is -0.507 e. The summed E-state index contributed by atoms with van der Waals surface area (Å²) in [5.74, 6) is 1.55. The number of phenolic OH excluding ortho intramolecular Hbond substituents is 1. The lowest BCUT2D eigenvalue weighted by molar-refractivity contribution is -0.118. The summed E-state index contributed by atoms with van der Waals surface area (Å²) in [5, 5.41) is 23.1. The number of aromatic hydroxyl groups is 1. The molecule has 4 rings (SSSR count). The number of methoxy groups -OCH3 is 2. The van der Waals surface area contributed by atoms with E-state index in [9.17, 15) is 9.90 Å². The van der Waals surface area contributed by atoms with Crippen LogP contribution in [0.4, 0.5) is 0 Å². The molecule has 0 aliphatic heterocycles. The van der Waals surface area contributed by atoms with Crippen LogP contribution in [0.25, 0.3) is 17.1 Å². The zero-order valence-electron chi connectivity index (χ0n) is 19.4. The van der Waals surface area contributed by atoms with E-state index in [0.717, 1.165) is 15.7 Å². The number of thioether (sulfide) groups is 1. The molecule has 0 saturated heterocycles. The lowest BCUT2D eigenvalue weighted by Crippen LogP contribution is -2.20. The van der Waals surface area contributed by atoms with Crippen LogP contribution in [-0.2, 0) is 4.79 Å². The molecule has 0 fully saturated rings. The first-order chi connectivity index (χ1) is 17.5. The highest BCUT2D eigenvalue weighted by Gasteiger charge is 2.18. The molecule has 0 atom stereocenters. The van der Waals surface area contributed by atoms with Crippen molar-refractivity contribution in [1.82, 2.24) is 20.2 Å². The largest absolute Gasteiger partial charge is 0.507 e. The Labute approximate surface area is 220 Å². The van der Waals surface area contributed by atoms with Crippen molar-refractivity contribution in [3.8, 4) is 34.3 Å². The topological polar surface area (TPSA) is 111 Å². The van der Waals surface area contributed by atoms with E-state index in [2.05, 4.69) is 36.7 Å². The lowest BCUT2D eigenvalue weighted by Gasteiger charge is -2.12.